The normalized spacial score (nSPS) is 15.3. The number of benzene rings is 1. The second kappa shape index (κ2) is 7.38. The van der Waals surface area contributed by atoms with Gasteiger partial charge in [0.1, 0.15) is 0 Å². The van der Waals surface area contributed by atoms with Crippen molar-refractivity contribution in [2.24, 2.45) is 0 Å². The van der Waals surface area contributed by atoms with Crippen LogP contribution in [0, 0.1) is 10.1 Å². The van der Waals surface area contributed by atoms with Gasteiger partial charge in [0.25, 0.3) is 11.6 Å². The molecule has 23 heavy (non-hydrogen) atoms. The van der Waals surface area contributed by atoms with E-state index in [1.165, 1.54) is 25.1 Å². The van der Waals surface area contributed by atoms with Gasteiger partial charge < -0.3 is 15.1 Å². The van der Waals surface area contributed by atoms with E-state index in [0.29, 0.717) is 26.2 Å². The van der Waals surface area contributed by atoms with Crippen LogP contribution >= 0.6 is 11.6 Å². The van der Waals surface area contributed by atoms with Crippen molar-refractivity contribution in [3.63, 3.8) is 0 Å². The molecule has 0 unspecified atom stereocenters. The van der Waals surface area contributed by atoms with Crippen LogP contribution in [-0.4, -0.2) is 54.4 Å². The van der Waals surface area contributed by atoms with Crippen LogP contribution in [0.1, 0.15) is 6.92 Å². The van der Waals surface area contributed by atoms with E-state index in [1.54, 1.807) is 4.90 Å². The summed E-state index contributed by atoms with van der Waals surface area (Å²) in [6.45, 7) is 4.38. The number of hydrogen-bond donors (Lipinski definition) is 2. The zero-order valence-corrected chi connectivity index (χ0v) is 13.4. The maximum Gasteiger partial charge on any atom is 0.279 e. The number of nitrogens with one attached hydrogen (secondary N) is 2. The highest BCUT2D eigenvalue weighted by Crippen LogP contribution is 2.26. The molecule has 0 atom stereocenters. The molecule has 0 bridgehead atoms. The lowest BCUT2D eigenvalue weighted by atomic mass is 10.2. The maximum atomic E-state index is 12.1. The van der Waals surface area contributed by atoms with Crippen LogP contribution in [-0.2, 0) is 9.59 Å². The molecule has 1 saturated heterocycles. The largest absolute Gasteiger partial charge is 0.332 e. The number of anilines is 1. The van der Waals surface area contributed by atoms with Crippen LogP contribution in [0.5, 0.6) is 0 Å². The van der Waals surface area contributed by atoms with Crippen molar-refractivity contribution in [3.05, 3.63) is 33.3 Å². The third-order valence-electron chi connectivity index (χ3n) is 3.76. The van der Waals surface area contributed by atoms with E-state index in [9.17, 15) is 19.7 Å². The van der Waals surface area contributed by atoms with Gasteiger partial charge in [0.2, 0.25) is 5.91 Å². The third-order valence-corrected chi connectivity index (χ3v) is 4.09. The van der Waals surface area contributed by atoms with E-state index in [0.717, 1.165) is 4.90 Å². The summed E-state index contributed by atoms with van der Waals surface area (Å²) in [7, 11) is 0. The van der Waals surface area contributed by atoms with Gasteiger partial charge in [-0.3, -0.25) is 19.7 Å². The van der Waals surface area contributed by atoms with E-state index in [2.05, 4.69) is 5.32 Å². The van der Waals surface area contributed by atoms with Crippen LogP contribution in [0.2, 0.25) is 5.02 Å². The lowest BCUT2D eigenvalue weighted by molar-refractivity contribution is -0.895. The van der Waals surface area contributed by atoms with Crippen molar-refractivity contribution in [1.82, 2.24) is 4.90 Å². The first kappa shape index (κ1) is 17.2. The lowest BCUT2D eigenvalue weighted by Crippen LogP contribution is -3.15. The molecule has 124 valence electrons. The number of nitro groups is 1. The molecule has 0 aromatic heterocycles. The van der Waals surface area contributed by atoms with Crippen LogP contribution in [0.15, 0.2) is 18.2 Å². The molecule has 9 heteroatoms. The first-order valence-corrected chi connectivity index (χ1v) is 7.57. The van der Waals surface area contributed by atoms with Crippen molar-refractivity contribution in [2.75, 3.05) is 38.0 Å². The zero-order chi connectivity index (χ0) is 17.0. The fourth-order valence-electron chi connectivity index (χ4n) is 2.46. The molecule has 1 aliphatic heterocycles. The number of quaternary nitrogens is 1. The molecule has 0 saturated carbocycles. The topological polar surface area (TPSA) is 97.0 Å². The fourth-order valence-corrected chi connectivity index (χ4v) is 2.62. The second-order valence-electron chi connectivity index (χ2n) is 5.40. The van der Waals surface area contributed by atoms with Gasteiger partial charge >= 0.3 is 0 Å². The van der Waals surface area contributed by atoms with Gasteiger partial charge in [-0.2, -0.15) is 0 Å². The van der Waals surface area contributed by atoms with Crippen LogP contribution in [0.4, 0.5) is 11.4 Å². The predicted octanol–water partition coefficient (Wildman–Crippen LogP) is -0.0663. The molecule has 2 N–H and O–H groups in total. The van der Waals surface area contributed by atoms with E-state index in [-0.39, 0.29) is 34.8 Å². The summed E-state index contributed by atoms with van der Waals surface area (Å²) in [6.07, 6.45) is 0. The van der Waals surface area contributed by atoms with Crippen molar-refractivity contribution in [3.8, 4) is 0 Å². The molecule has 2 amide bonds. The number of halogens is 1. The highest BCUT2D eigenvalue weighted by atomic mass is 35.5. The maximum absolute atomic E-state index is 12.1. The van der Waals surface area contributed by atoms with Gasteiger partial charge in [-0.15, -0.1) is 0 Å². The highest BCUT2D eigenvalue weighted by Gasteiger charge is 2.23. The Balaban J connectivity index is 1.92. The minimum atomic E-state index is -0.543. The summed E-state index contributed by atoms with van der Waals surface area (Å²) in [6, 6.07) is 3.90. The van der Waals surface area contributed by atoms with Gasteiger partial charge in [-0.05, 0) is 6.07 Å². The monoisotopic (exact) mass is 341 g/mol. The minimum Gasteiger partial charge on any atom is -0.332 e. The molecular weight excluding hydrogens is 324 g/mol. The molecule has 1 fully saturated rings. The predicted molar refractivity (Wildman–Crippen MR) is 84.6 cm³/mol. The minimum absolute atomic E-state index is 0.0388. The number of piperazine rings is 1. The number of hydrogen-bond acceptors (Lipinski definition) is 4. The fraction of sp³-hybridized carbons (Fsp3) is 0.429. The first-order valence-electron chi connectivity index (χ1n) is 7.19. The van der Waals surface area contributed by atoms with Gasteiger partial charge in [0, 0.05) is 19.1 Å². The van der Waals surface area contributed by atoms with E-state index in [1.807, 2.05) is 0 Å². The Bertz CT molecular complexity index is 629. The summed E-state index contributed by atoms with van der Waals surface area (Å²) < 4.78 is 0. The molecule has 1 heterocycles. The third kappa shape index (κ3) is 4.64. The number of non-ortho nitro benzene ring substituents is 1. The average molecular weight is 342 g/mol. The van der Waals surface area contributed by atoms with Gasteiger partial charge in [-0.1, -0.05) is 11.6 Å². The van der Waals surface area contributed by atoms with Crippen LogP contribution in [0.25, 0.3) is 0 Å². The summed E-state index contributed by atoms with van der Waals surface area (Å²) in [5, 5.41) is 13.6. The number of carbonyl (C=O) groups is 2. The Labute approximate surface area is 138 Å². The highest BCUT2D eigenvalue weighted by molar-refractivity contribution is 6.33. The van der Waals surface area contributed by atoms with Crippen molar-refractivity contribution in [1.29, 1.82) is 0 Å². The molecule has 8 nitrogen and oxygen atoms in total. The molecule has 1 aromatic rings. The standard InChI is InChI=1S/C14H17ClN4O4/c1-10(20)18-6-4-17(5-7-18)9-14(21)16-13-8-11(19(22)23)2-3-12(13)15/h2-3,8H,4-7,9H2,1H3,(H,16,21)/p+1. The summed E-state index contributed by atoms with van der Waals surface area (Å²) in [4.78, 5) is 36.4. The van der Waals surface area contributed by atoms with Crippen LogP contribution in [0.3, 0.4) is 0 Å². The molecule has 0 aliphatic carbocycles. The Hall–Kier alpha value is -2.19. The Morgan fingerprint density at radius 1 is 1.39 bits per heavy atom. The Morgan fingerprint density at radius 3 is 2.61 bits per heavy atom. The van der Waals surface area contributed by atoms with E-state index < -0.39 is 4.92 Å². The number of amides is 2. The lowest BCUT2D eigenvalue weighted by Gasteiger charge is -2.31. The van der Waals surface area contributed by atoms with Crippen molar-refractivity contribution < 1.29 is 19.4 Å². The smallest absolute Gasteiger partial charge is 0.279 e. The number of rotatable bonds is 4. The average Bonchev–Trinajstić information content (AvgIpc) is 2.49. The number of carbonyl (C=O) groups excluding carboxylic acids is 2. The summed E-state index contributed by atoms with van der Waals surface area (Å²) >= 11 is 5.95. The van der Waals surface area contributed by atoms with Gasteiger partial charge in [-0.25, -0.2) is 0 Å². The SMILES string of the molecule is CC(=O)N1CC[NH+](CC(=O)Nc2cc([N+](=O)[O-])ccc2Cl)CC1. The Morgan fingerprint density at radius 2 is 2.04 bits per heavy atom. The van der Waals surface area contributed by atoms with Gasteiger partial charge in [0.15, 0.2) is 6.54 Å². The van der Waals surface area contributed by atoms with E-state index >= 15 is 0 Å². The summed E-state index contributed by atoms with van der Waals surface area (Å²) in [5.41, 5.74) is 0.0970. The molecule has 2 rings (SSSR count). The first-order chi connectivity index (χ1) is 10.9. The quantitative estimate of drug-likeness (QED) is 0.592. The van der Waals surface area contributed by atoms with E-state index in [4.69, 9.17) is 11.6 Å². The molecule has 0 radical (unpaired) electrons. The summed E-state index contributed by atoms with van der Waals surface area (Å²) in [5.74, 6) is -0.226. The van der Waals surface area contributed by atoms with Gasteiger partial charge in [0.05, 0.1) is 41.8 Å². The second-order valence-corrected chi connectivity index (χ2v) is 5.81. The van der Waals surface area contributed by atoms with Crippen LogP contribution < -0.4 is 10.2 Å². The number of nitro benzene ring substituents is 1. The molecule has 1 aliphatic rings. The Kier molecular flexibility index (Phi) is 5.51. The molecular formula is C14H18ClN4O4+. The van der Waals surface area contributed by atoms with Crippen molar-refractivity contribution >= 4 is 34.8 Å². The zero-order valence-electron chi connectivity index (χ0n) is 12.7. The van der Waals surface area contributed by atoms with Crippen molar-refractivity contribution in [2.45, 2.75) is 6.92 Å². The number of nitrogens with zero attached hydrogens (tertiary/aromatic N) is 2. The molecule has 0 spiro atoms. The molecule has 1 aromatic carbocycles.